The fraction of sp³-hybridized carbons (Fsp3) is 0.400. The van der Waals surface area contributed by atoms with E-state index in [9.17, 15) is 0 Å². The highest BCUT2D eigenvalue weighted by atomic mass is 127. The summed E-state index contributed by atoms with van der Waals surface area (Å²) in [5, 5.41) is 3.17. The molecule has 0 bridgehead atoms. The largest absolute Gasteiger partial charge is 0.371 e. The van der Waals surface area contributed by atoms with Crippen molar-refractivity contribution in [2.24, 2.45) is 10.7 Å². The molecule has 2 aromatic rings. The van der Waals surface area contributed by atoms with Gasteiger partial charge in [-0.1, -0.05) is 24.3 Å². The smallest absolute Gasteiger partial charge is 0.188 e. The van der Waals surface area contributed by atoms with Crippen LogP contribution in [0.15, 0.2) is 53.7 Å². The number of para-hydroxylation sites is 1. The van der Waals surface area contributed by atoms with E-state index < -0.39 is 0 Å². The number of nitrogens with one attached hydrogen (secondary N) is 1. The molecule has 1 fully saturated rings. The Morgan fingerprint density at radius 2 is 1.85 bits per heavy atom. The molecule has 1 aromatic heterocycles. The first-order valence-electron chi connectivity index (χ1n) is 9.09. The number of aromatic nitrogens is 1. The number of nitrogens with two attached hydrogens (primary N) is 1. The number of hydrogen-bond acceptors (Lipinski definition) is 3. The van der Waals surface area contributed by atoms with Crippen LogP contribution in [0.4, 0.5) is 5.69 Å². The van der Waals surface area contributed by atoms with Gasteiger partial charge in [-0.05, 0) is 43.0 Å². The van der Waals surface area contributed by atoms with Crippen LogP contribution in [0.5, 0.6) is 0 Å². The second kappa shape index (κ2) is 11.0. The number of hydrogen-bond donors (Lipinski definition) is 2. The molecular weight excluding hydrogens is 437 g/mol. The van der Waals surface area contributed by atoms with E-state index in [-0.39, 0.29) is 24.0 Å². The average molecular weight is 465 g/mol. The van der Waals surface area contributed by atoms with Gasteiger partial charge in [-0.25, -0.2) is 4.99 Å². The van der Waals surface area contributed by atoms with Gasteiger partial charge in [0.25, 0.3) is 0 Å². The first kappa shape index (κ1) is 20.5. The minimum Gasteiger partial charge on any atom is -0.371 e. The van der Waals surface area contributed by atoms with Gasteiger partial charge in [0.1, 0.15) is 0 Å². The van der Waals surface area contributed by atoms with Crippen molar-refractivity contribution in [1.82, 2.24) is 10.3 Å². The molecule has 140 valence electrons. The topological polar surface area (TPSA) is 66.5 Å². The maximum Gasteiger partial charge on any atom is 0.188 e. The van der Waals surface area contributed by atoms with Gasteiger partial charge in [0.05, 0.1) is 6.54 Å². The summed E-state index contributed by atoms with van der Waals surface area (Å²) < 4.78 is 0. The summed E-state index contributed by atoms with van der Waals surface area (Å²) in [4.78, 5) is 11.3. The van der Waals surface area contributed by atoms with Crippen LogP contribution in [0.3, 0.4) is 0 Å². The van der Waals surface area contributed by atoms with Crippen molar-refractivity contribution < 1.29 is 0 Å². The second-order valence-corrected chi connectivity index (χ2v) is 6.38. The van der Waals surface area contributed by atoms with Gasteiger partial charge in [0, 0.05) is 43.6 Å². The van der Waals surface area contributed by atoms with Crippen molar-refractivity contribution >= 4 is 35.6 Å². The van der Waals surface area contributed by atoms with E-state index in [4.69, 9.17) is 5.73 Å². The normalized spacial score (nSPS) is 14.6. The third kappa shape index (κ3) is 6.16. The second-order valence-electron chi connectivity index (χ2n) is 6.38. The maximum absolute atomic E-state index is 6.02. The maximum atomic E-state index is 6.02. The molecule has 0 atom stereocenters. The Balaban J connectivity index is 0.00000243. The first-order chi connectivity index (χ1) is 12.3. The molecule has 3 N–H and O–H groups in total. The van der Waals surface area contributed by atoms with E-state index >= 15 is 0 Å². The van der Waals surface area contributed by atoms with Gasteiger partial charge in [0.15, 0.2) is 5.96 Å². The van der Waals surface area contributed by atoms with Crippen molar-refractivity contribution in [3.63, 3.8) is 0 Å². The van der Waals surface area contributed by atoms with Gasteiger partial charge in [0.2, 0.25) is 0 Å². The Hall–Kier alpha value is -1.83. The Morgan fingerprint density at radius 3 is 2.62 bits per heavy atom. The molecule has 0 unspecified atom stereocenters. The zero-order valence-corrected chi connectivity index (χ0v) is 17.4. The van der Waals surface area contributed by atoms with Crippen LogP contribution in [0.2, 0.25) is 0 Å². The van der Waals surface area contributed by atoms with Crippen molar-refractivity contribution in [1.29, 1.82) is 0 Å². The third-order valence-electron chi connectivity index (χ3n) is 4.52. The van der Waals surface area contributed by atoms with Gasteiger partial charge >= 0.3 is 0 Å². The van der Waals surface area contributed by atoms with Crippen LogP contribution in [0.1, 0.15) is 30.5 Å². The summed E-state index contributed by atoms with van der Waals surface area (Å²) in [5.74, 6) is 0.490. The molecule has 1 aliphatic heterocycles. The summed E-state index contributed by atoms with van der Waals surface area (Å²) in [6.45, 7) is 3.62. The SMILES string of the molecule is I.NC(=NCc1ccccc1N1CCCCC1)NCCc1ccccn1. The minimum atomic E-state index is 0. The van der Waals surface area contributed by atoms with Crippen LogP contribution in [0, 0.1) is 0 Å². The summed E-state index contributed by atoms with van der Waals surface area (Å²) in [6, 6.07) is 14.5. The van der Waals surface area contributed by atoms with Gasteiger partial charge in [-0.15, -0.1) is 24.0 Å². The van der Waals surface area contributed by atoms with Crippen molar-refractivity contribution in [2.45, 2.75) is 32.2 Å². The predicted molar refractivity (Wildman–Crippen MR) is 119 cm³/mol. The molecular formula is C20H28IN5. The van der Waals surface area contributed by atoms with E-state index in [1.165, 1.54) is 30.5 Å². The van der Waals surface area contributed by atoms with E-state index in [0.717, 1.165) is 31.7 Å². The standard InChI is InChI=1S/C20H27N5.HI/c21-20(23-13-11-18-9-4-5-12-22-18)24-16-17-8-2-3-10-19(17)25-14-6-1-7-15-25;/h2-5,8-10,12H,1,6-7,11,13-16H2,(H3,21,23,24);1H. The van der Waals surface area contributed by atoms with Gasteiger partial charge in [-0.2, -0.15) is 0 Å². The molecule has 3 rings (SSSR count). The number of aliphatic imine (C=N–C) groups is 1. The molecule has 2 heterocycles. The molecule has 1 aromatic carbocycles. The van der Waals surface area contributed by atoms with Crippen LogP contribution in [-0.2, 0) is 13.0 Å². The zero-order chi connectivity index (χ0) is 17.3. The number of halogens is 1. The summed E-state index contributed by atoms with van der Waals surface area (Å²) in [7, 11) is 0. The van der Waals surface area contributed by atoms with Crippen LogP contribution in [0.25, 0.3) is 0 Å². The fourth-order valence-electron chi connectivity index (χ4n) is 3.18. The number of rotatable bonds is 6. The predicted octanol–water partition coefficient (Wildman–Crippen LogP) is 3.34. The molecule has 6 heteroatoms. The number of anilines is 1. The molecule has 0 radical (unpaired) electrons. The zero-order valence-electron chi connectivity index (χ0n) is 15.1. The Bertz CT molecular complexity index is 684. The lowest BCUT2D eigenvalue weighted by atomic mass is 10.1. The van der Waals surface area contributed by atoms with Crippen LogP contribution in [-0.4, -0.2) is 30.6 Å². The van der Waals surface area contributed by atoms with E-state index in [0.29, 0.717) is 12.5 Å². The number of pyridine rings is 1. The lowest BCUT2D eigenvalue weighted by Crippen LogP contribution is -2.33. The number of guanidine groups is 1. The first-order valence-corrected chi connectivity index (χ1v) is 9.09. The summed E-state index contributed by atoms with van der Waals surface area (Å²) in [5.41, 5.74) is 9.61. The average Bonchev–Trinajstić information content (AvgIpc) is 2.68. The van der Waals surface area contributed by atoms with Crippen LogP contribution >= 0.6 is 24.0 Å². The van der Waals surface area contributed by atoms with E-state index in [1.54, 1.807) is 0 Å². The fourth-order valence-corrected chi connectivity index (χ4v) is 3.18. The minimum absolute atomic E-state index is 0. The molecule has 5 nitrogen and oxygen atoms in total. The molecule has 1 saturated heterocycles. The van der Waals surface area contributed by atoms with Crippen LogP contribution < -0.4 is 16.0 Å². The monoisotopic (exact) mass is 465 g/mol. The highest BCUT2D eigenvalue weighted by molar-refractivity contribution is 14.0. The van der Waals surface area contributed by atoms with Crippen molar-refractivity contribution in [3.8, 4) is 0 Å². The Kier molecular flexibility index (Phi) is 8.67. The van der Waals surface area contributed by atoms with Crippen molar-refractivity contribution in [3.05, 3.63) is 59.9 Å². The molecule has 0 saturated carbocycles. The molecule has 0 spiro atoms. The lowest BCUT2D eigenvalue weighted by Gasteiger charge is -2.30. The van der Waals surface area contributed by atoms with Crippen molar-refractivity contribution in [2.75, 3.05) is 24.5 Å². The van der Waals surface area contributed by atoms with Gasteiger partial charge in [-0.3, -0.25) is 4.98 Å². The van der Waals surface area contributed by atoms with Gasteiger partial charge < -0.3 is 16.0 Å². The summed E-state index contributed by atoms with van der Waals surface area (Å²) >= 11 is 0. The highest BCUT2D eigenvalue weighted by Gasteiger charge is 2.13. The number of nitrogens with zero attached hydrogens (tertiary/aromatic N) is 3. The molecule has 0 aliphatic carbocycles. The molecule has 0 amide bonds. The number of piperidine rings is 1. The molecule has 26 heavy (non-hydrogen) atoms. The highest BCUT2D eigenvalue weighted by Crippen LogP contribution is 2.24. The van der Waals surface area contributed by atoms with E-state index in [2.05, 4.69) is 44.5 Å². The Morgan fingerprint density at radius 1 is 1.08 bits per heavy atom. The number of benzene rings is 1. The lowest BCUT2D eigenvalue weighted by molar-refractivity contribution is 0.576. The summed E-state index contributed by atoms with van der Waals surface area (Å²) in [6.07, 6.45) is 6.53. The Labute approximate surface area is 173 Å². The molecule has 1 aliphatic rings. The van der Waals surface area contributed by atoms with E-state index in [1.807, 2.05) is 24.4 Å². The third-order valence-corrected chi connectivity index (χ3v) is 4.52. The quantitative estimate of drug-likeness (QED) is 0.390.